The Balaban J connectivity index is 1.12. The number of hydrogen-bond acceptors (Lipinski definition) is 5. The van der Waals surface area contributed by atoms with Crippen LogP contribution in [0.15, 0.2) is 30.3 Å². The molecule has 1 saturated carbocycles. The highest BCUT2D eigenvalue weighted by atomic mass is 16.2. The predicted molar refractivity (Wildman–Crippen MR) is 126 cm³/mol. The van der Waals surface area contributed by atoms with Gasteiger partial charge in [-0.05, 0) is 50.8 Å². The molecular formula is C25H37N5O2. The average Bonchev–Trinajstić information content (AvgIpc) is 3.56. The van der Waals surface area contributed by atoms with Crippen molar-refractivity contribution in [2.45, 2.75) is 50.2 Å². The third-order valence-corrected chi connectivity index (χ3v) is 7.98. The number of para-hydroxylation sites is 1. The minimum absolute atomic E-state index is 0.0210. The number of likely N-dealkylation sites (tertiary alicyclic amines) is 1. The molecular weight excluding hydrogens is 402 g/mol. The van der Waals surface area contributed by atoms with Gasteiger partial charge < -0.3 is 15.1 Å². The van der Waals surface area contributed by atoms with E-state index in [1.807, 2.05) is 11.0 Å². The molecule has 32 heavy (non-hydrogen) atoms. The smallest absolute Gasteiger partial charge is 0.239 e. The van der Waals surface area contributed by atoms with Crippen LogP contribution in [0.1, 0.15) is 32.1 Å². The molecule has 2 amide bonds. The highest BCUT2D eigenvalue weighted by molar-refractivity contribution is 5.83. The van der Waals surface area contributed by atoms with Crippen LogP contribution in [0.5, 0.6) is 0 Å². The Morgan fingerprint density at radius 2 is 1.78 bits per heavy atom. The monoisotopic (exact) mass is 439 g/mol. The molecule has 0 spiro atoms. The average molecular weight is 440 g/mol. The Bertz CT molecular complexity index is 806. The zero-order chi connectivity index (χ0) is 22.1. The van der Waals surface area contributed by atoms with Gasteiger partial charge >= 0.3 is 0 Å². The predicted octanol–water partition coefficient (Wildman–Crippen LogP) is 1.40. The van der Waals surface area contributed by atoms with Crippen LogP contribution in [0.4, 0.5) is 5.69 Å². The van der Waals surface area contributed by atoms with Crippen molar-refractivity contribution in [1.29, 1.82) is 0 Å². The van der Waals surface area contributed by atoms with E-state index in [1.165, 1.54) is 18.5 Å². The van der Waals surface area contributed by atoms with E-state index >= 15 is 0 Å². The Morgan fingerprint density at radius 1 is 1.03 bits per heavy atom. The third-order valence-electron chi connectivity index (χ3n) is 7.98. The van der Waals surface area contributed by atoms with E-state index in [0.717, 1.165) is 58.0 Å². The van der Waals surface area contributed by atoms with Crippen LogP contribution in [0.3, 0.4) is 0 Å². The molecule has 3 heterocycles. The number of hydrogen-bond donors (Lipinski definition) is 1. The summed E-state index contributed by atoms with van der Waals surface area (Å²) in [6.45, 7) is 6.07. The lowest BCUT2D eigenvalue weighted by Gasteiger charge is -2.37. The fourth-order valence-electron chi connectivity index (χ4n) is 5.79. The summed E-state index contributed by atoms with van der Waals surface area (Å²) >= 11 is 0. The van der Waals surface area contributed by atoms with Crippen LogP contribution < -0.4 is 10.2 Å². The zero-order valence-electron chi connectivity index (χ0n) is 19.3. The molecule has 3 saturated heterocycles. The number of anilines is 1. The summed E-state index contributed by atoms with van der Waals surface area (Å²) in [4.78, 5) is 35.0. The number of likely N-dealkylation sites (N-methyl/N-ethyl adjacent to an activating group) is 1. The second kappa shape index (κ2) is 9.40. The number of piperazine rings is 1. The second-order valence-corrected chi connectivity index (χ2v) is 10.0. The summed E-state index contributed by atoms with van der Waals surface area (Å²) in [6, 6.07) is 10.9. The van der Waals surface area contributed by atoms with Crippen molar-refractivity contribution in [2.75, 3.05) is 57.8 Å². The second-order valence-electron chi connectivity index (χ2n) is 10.0. The normalized spacial score (nSPS) is 29.5. The molecule has 4 aliphatic rings. The molecule has 7 nitrogen and oxygen atoms in total. The van der Waals surface area contributed by atoms with Crippen LogP contribution >= 0.6 is 0 Å². The molecule has 7 heteroatoms. The van der Waals surface area contributed by atoms with E-state index < -0.39 is 0 Å². The molecule has 3 atom stereocenters. The first-order chi connectivity index (χ1) is 15.6. The van der Waals surface area contributed by atoms with E-state index in [-0.39, 0.29) is 29.9 Å². The molecule has 4 fully saturated rings. The maximum Gasteiger partial charge on any atom is 0.239 e. The first-order valence-corrected chi connectivity index (χ1v) is 12.4. The Hall–Kier alpha value is -2.12. The van der Waals surface area contributed by atoms with Crippen molar-refractivity contribution in [2.24, 2.45) is 5.92 Å². The van der Waals surface area contributed by atoms with Gasteiger partial charge in [-0.1, -0.05) is 18.2 Å². The van der Waals surface area contributed by atoms with Gasteiger partial charge in [-0.25, -0.2) is 0 Å². The Kier molecular flexibility index (Phi) is 6.37. The summed E-state index contributed by atoms with van der Waals surface area (Å²) in [6.07, 6.45) is 5.04. The first kappa shape index (κ1) is 21.7. The van der Waals surface area contributed by atoms with E-state index in [4.69, 9.17) is 0 Å². The van der Waals surface area contributed by atoms with E-state index in [2.05, 4.69) is 51.3 Å². The van der Waals surface area contributed by atoms with Gasteiger partial charge in [0.25, 0.3) is 0 Å². The fourth-order valence-corrected chi connectivity index (χ4v) is 5.79. The van der Waals surface area contributed by atoms with Crippen molar-refractivity contribution < 1.29 is 9.59 Å². The van der Waals surface area contributed by atoms with Crippen LogP contribution in [-0.2, 0) is 9.59 Å². The number of carbonyl (C=O) groups is 2. The van der Waals surface area contributed by atoms with Gasteiger partial charge in [0.05, 0.1) is 0 Å². The van der Waals surface area contributed by atoms with Crippen molar-refractivity contribution in [3.63, 3.8) is 0 Å². The van der Waals surface area contributed by atoms with Crippen molar-refractivity contribution in [3.8, 4) is 0 Å². The molecule has 0 radical (unpaired) electrons. The molecule has 1 aromatic carbocycles. The zero-order valence-corrected chi connectivity index (χ0v) is 19.3. The number of fused-ring (bicyclic) bond motifs is 1. The number of nitrogens with zero attached hydrogens (tertiary/aromatic N) is 4. The van der Waals surface area contributed by atoms with E-state index in [1.54, 1.807) is 0 Å². The van der Waals surface area contributed by atoms with E-state index in [0.29, 0.717) is 13.0 Å². The summed E-state index contributed by atoms with van der Waals surface area (Å²) in [5, 5.41) is 3.19. The molecule has 3 aliphatic heterocycles. The molecule has 1 aromatic rings. The summed E-state index contributed by atoms with van der Waals surface area (Å²) in [5.74, 6) is 1.23. The summed E-state index contributed by atoms with van der Waals surface area (Å²) in [5.41, 5.74) is 1.23. The highest BCUT2D eigenvalue weighted by Crippen LogP contribution is 2.34. The highest BCUT2D eigenvalue weighted by Gasteiger charge is 2.46. The maximum absolute atomic E-state index is 12.9. The topological polar surface area (TPSA) is 59.1 Å². The molecule has 0 unspecified atom stereocenters. The number of rotatable bonds is 6. The minimum Gasteiger partial charge on any atom is -0.368 e. The van der Waals surface area contributed by atoms with Crippen molar-refractivity contribution >= 4 is 17.5 Å². The van der Waals surface area contributed by atoms with Crippen molar-refractivity contribution in [3.05, 3.63) is 30.3 Å². The van der Waals surface area contributed by atoms with Gasteiger partial charge in [0.1, 0.15) is 6.04 Å². The fraction of sp³-hybridized carbons (Fsp3) is 0.680. The third kappa shape index (κ3) is 4.64. The number of amides is 2. The van der Waals surface area contributed by atoms with Crippen LogP contribution in [0, 0.1) is 5.92 Å². The summed E-state index contributed by atoms with van der Waals surface area (Å²) < 4.78 is 0. The van der Waals surface area contributed by atoms with Gasteiger partial charge in [0.15, 0.2) is 0 Å². The largest absolute Gasteiger partial charge is 0.368 e. The molecule has 0 aromatic heterocycles. The lowest BCUT2D eigenvalue weighted by Crippen LogP contribution is -2.50. The molecule has 0 bridgehead atoms. The van der Waals surface area contributed by atoms with Gasteiger partial charge in [-0.15, -0.1) is 0 Å². The number of carbonyl (C=O) groups excluding carboxylic acids is 2. The van der Waals surface area contributed by atoms with E-state index in [9.17, 15) is 9.59 Å². The number of benzene rings is 1. The van der Waals surface area contributed by atoms with Gasteiger partial charge in [-0.3, -0.25) is 19.4 Å². The van der Waals surface area contributed by atoms with Crippen LogP contribution in [0.2, 0.25) is 0 Å². The molecule has 1 N–H and O–H groups in total. The molecule has 174 valence electrons. The minimum atomic E-state index is -0.0210. The lowest BCUT2D eigenvalue weighted by atomic mass is 10.0. The van der Waals surface area contributed by atoms with Crippen molar-refractivity contribution in [1.82, 2.24) is 20.0 Å². The van der Waals surface area contributed by atoms with Gasteiger partial charge in [-0.2, -0.15) is 0 Å². The SMILES string of the molecule is CN1[C@@H](CCC(=O)N2CCN(c3ccccc3)CC2)CNC(=O)[C@@H]2[C@H]1CCN2CC1CC1. The van der Waals surface area contributed by atoms with Crippen LogP contribution in [-0.4, -0.2) is 97.5 Å². The Morgan fingerprint density at radius 3 is 2.50 bits per heavy atom. The molecule has 5 rings (SSSR count). The quantitative estimate of drug-likeness (QED) is 0.726. The lowest BCUT2D eigenvalue weighted by molar-refractivity contribution is -0.132. The van der Waals surface area contributed by atoms with Gasteiger partial charge in [0, 0.05) is 70.0 Å². The van der Waals surface area contributed by atoms with Crippen LogP contribution in [0.25, 0.3) is 0 Å². The summed E-state index contributed by atoms with van der Waals surface area (Å²) in [7, 11) is 2.16. The standard InChI is InChI=1S/C25H37N5O2/c1-27-21(17-26-25(32)24-22(27)11-12-30(24)18-19-7-8-19)9-10-23(31)29-15-13-28(14-16-29)20-5-3-2-4-6-20/h2-6,19,21-22,24H,7-18H2,1H3,(H,26,32)/t21-,22+,24-/m0/s1. The maximum atomic E-state index is 12.9. The first-order valence-electron chi connectivity index (χ1n) is 12.4. The Labute approximate surface area is 191 Å². The molecule has 1 aliphatic carbocycles. The van der Waals surface area contributed by atoms with Gasteiger partial charge in [0.2, 0.25) is 11.8 Å². The number of nitrogens with one attached hydrogen (secondary N) is 1.